The van der Waals surface area contributed by atoms with Crippen LogP contribution in [0.15, 0.2) is 18.2 Å². The number of carbonyl (C=O) groups excluding carboxylic acids is 1. The van der Waals surface area contributed by atoms with Gasteiger partial charge in [0.2, 0.25) is 0 Å². The first kappa shape index (κ1) is 12.5. The molecule has 2 unspecified atom stereocenters. The summed E-state index contributed by atoms with van der Waals surface area (Å²) in [4.78, 5) is 11.9. The van der Waals surface area contributed by atoms with Crippen molar-refractivity contribution >= 4 is 5.91 Å². The van der Waals surface area contributed by atoms with Crippen LogP contribution in [0.4, 0.5) is 0 Å². The maximum Gasteiger partial charge on any atom is 0.261 e. The van der Waals surface area contributed by atoms with Crippen molar-refractivity contribution in [2.45, 2.75) is 44.2 Å². The largest absolute Gasteiger partial charge is 0.480 e. The minimum Gasteiger partial charge on any atom is -0.480 e. The number of nitrogens with one attached hydrogen (secondary N) is 1. The van der Waals surface area contributed by atoms with Gasteiger partial charge in [-0.1, -0.05) is 12.1 Å². The van der Waals surface area contributed by atoms with Crippen LogP contribution >= 0.6 is 0 Å². The van der Waals surface area contributed by atoms with E-state index in [9.17, 15) is 4.79 Å². The fraction of sp³-hybridized carbons (Fsp3) is 0.533. The van der Waals surface area contributed by atoms with Gasteiger partial charge >= 0.3 is 0 Å². The molecule has 4 heteroatoms. The van der Waals surface area contributed by atoms with E-state index >= 15 is 0 Å². The molecule has 2 atom stereocenters. The highest BCUT2D eigenvalue weighted by molar-refractivity contribution is 5.81. The summed E-state index contributed by atoms with van der Waals surface area (Å²) in [6.07, 6.45) is 4.40. The van der Waals surface area contributed by atoms with Crippen LogP contribution in [0.25, 0.3) is 0 Å². The van der Waals surface area contributed by atoms with E-state index in [-0.39, 0.29) is 18.1 Å². The molecule has 1 aliphatic heterocycles. The monoisotopic (exact) mass is 260 g/mol. The molecule has 4 nitrogen and oxygen atoms in total. The second-order valence-electron chi connectivity index (χ2n) is 5.36. The van der Waals surface area contributed by atoms with Crippen LogP contribution in [0.2, 0.25) is 0 Å². The predicted molar refractivity (Wildman–Crippen MR) is 73.0 cm³/mol. The third kappa shape index (κ3) is 2.45. The van der Waals surface area contributed by atoms with Crippen LogP contribution in [0, 0.1) is 0 Å². The molecule has 0 bridgehead atoms. The maximum atomic E-state index is 11.9. The summed E-state index contributed by atoms with van der Waals surface area (Å²) in [6.45, 7) is 0.760. The molecule has 3 N–H and O–H groups in total. The second-order valence-corrected chi connectivity index (χ2v) is 5.36. The first-order valence-corrected chi connectivity index (χ1v) is 7.07. The van der Waals surface area contributed by atoms with Gasteiger partial charge in [-0.25, -0.2) is 0 Å². The standard InChI is InChI=1S/C15H20N2O2/c16-12-8-7-11-10(12)4-3-6-13(11)19-14-5-1-2-9-17-15(14)18/h3-4,6,12,14H,1-2,5,7-9,16H2,(H,17,18). The third-order valence-corrected chi connectivity index (χ3v) is 4.03. The van der Waals surface area contributed by atoms with Crippen molar-refractivity contribution in [2.75, 3.05) is 6.54 Å². The summed E-state index contributed by atoms with van der Waals surface area (Å²) >= 11 is 0. The molecule has 1 heterocycles. The maximum absolute atomic E-state index is 11.9. The Morgan fingerprint density at radius 1 is 1.26 bits per heavy atom. The van der Waals surface area contributed by atoms with Crippen molar-refractivity contribution in [1.82, 2.24) is 5.32 Å². The van der Waals surface area contributed by atoms with Crippen molar-refractivity contribution in [3.63, 3.8) is 0 Å². The number of hydrogen-bond donors (Lipinski definition) is 2. The zero-order valence-corrected chi connectivity index (χ0v) is 11.0. The SMILES string of the molecule is NC1CCc2c(OC3CCCCNC3=O)cccc21. The van der Waals surface area contributed by atoms with Crippen molar-refractivity contribution in [3.05, 3.63) is 29.3 Å². The molecular weight excluding hydrogens is 240 g/mol. The van der Waals surface area contributed by atoms with Gasteiger partial charge in [0, 0.05) is 12.6 Å². The molecule has 0 radical (unpaired) electrons. The molecule has 0 saturated carbocycles. The van der Waals surface area contributed by atoms with Gasteiger partial charge in [0.05, 0.1) is 0 Å². The van der Waals surface area contributed by atoms with E-state index < -0.39 is 0 Å². The van der Waals surface area contributed by atoms with E-state index in [4.69, 9.17) is 10.5 Å². The fourth-order valence-corrected chi connectivity index (χ4v) is 2.94. The fourth-order valence-electron chi connectivity index (χ4n) is 2.94. The van der Waals surface area contributed by atoms with Crippen LogP contribution in [0.1, 0.15) is 42.9 Å². The van der Waals surface area contributed by atoms with Crippen LogP contribution in [-0.4, -0.2) is 18.6 Å². The number of carbonyl (C=O) groups is 1. The molecule has 1 aliphatic carbocycles. The zero-order valence-electron chi connectivity index (χ0n) is 11.0. The smallest absolute Gasteiger partial charge is 0.261 e. The minimum atomic E-state index is -0.356. The quantitative estimate of drug-likeness (QED) is 0.850. The molecule has 1 aromatic carbocycles. The third-order valence-electron chi connectivity index (χ3n) is 4.03. The Balaban J connectivity index is 1.82. The highest BCUT2D eigenvalue weighted by Crippen LogP contribution is 2.36. The molecule has 0 aromatic heterocycles. The Kier molecular flexibility index (Phi) is 3.42. The normalized spacial score (nSPS) is 26.5. The Bertz CT molecular complexity index is 487. The van der Waals surface area contributed by atoms with E-state index in [0.29, 0.717) is 0 Å². The minimum absolute atomic E-state index is 0.0115. The number of rotatable bonds is 2. The van der Waals surface area contributed by atoms with Crippen molar-refractivity contribution in [2.24, 2.45) is 5.73 Å². The summed E-state index contributed by atoms with van der Waals surface area (Å²) in [5.41, 5.74) is 8.43. The summed E-state index contributed by atoms with van der Waals surface area (Å²) in [5, 5.41) is 2.90. The van der Waals surface area contributed by atoms with Gasteiger partial charge < -0.3 is 15.8 Å². The van der Waals surface area contributed by atoms with Crippen LogP contribution in [0.3, 0.4) is 0 Å². The zero-order chi connectivity index (χ0) is 13.2. The lowest BCUT2D eigenvalue weighted by Crippen LogP contribution is -2.36. The topological polar surface area (TPSA) is 64.3 Å². The molecule has 1 saturated heterocycles. The number of nitrogens with two attached hydrogens (primary N) is 1. The predicted octanol–water partition coefficient (Wildman–Crippen LogP) is 1.68. The van der Waals surface area contributed by atoms with Gasteiger partial charge in [-0.2, -0.15) is 0 Å². The number of ether oxygens (including phenoxy) is 1. The first-order valence-electron chi connectivity index (χ1n) is 7.07. The van der Waals surface area contributed by atoms with Gasteiger partial charge in [-0.05, 0) is 49.3 Å². The van der Waals surface area contributed by atoms with Gasteiger partial charge in [0.25, 0.3) is 5.91 Å². The van der Waals surface area contributed by atoms with Crippen LogP contribution in [-0.2, 0) is 11.2 Å². The van der Waals surface area contributed by atoms with Gasteiger partial charge in [-0.15, -0.1) is 0 Å². The molecule has 0 spiro atoms. The van der Waals surface area contributed by atoms with Crippen molar-refractivity contribution in [3.8, 4) is 5.75 Å². The summed E-state index contributed by atoms with van der Waals surface area (Å²) in [6, 6.07) is 6.09. The average Bonchev–Trinajstić information content (AvgIpc) is 2.67. The first-order chi connectivity index (χ1) is 9.25. The van der Waals surface area contributed by atoms with E-state index in [1.807, 2.05) is 12.1 Å². The van der Waals surface area contributed by atoms with Gasteiger partial charge in [0.15, 0.2) is 6.10 Å². The molecule has 1 aromatic rings. The van der Waals surface area contributed by atoms with E-state index in [2.05, 4.69) is 11.4 Å². The van der Waals surface area contributed by atoms with Crippen molar-refractivity contribution in [1.29, 1.82) is 0 Å². The number of fused-ring (bicyclic) bond motifs is 1. The van der Waals surface area contributed by atoms with Gasteiger partial charge in [-0.3, -0.25) is 4.79 Å². The van der Waals surface area contributed by atoms with E-state index in [1.165, 1.54) is 11.1 Å². The molecule has 1 fully saturated rings. The molecule has 19 heavy (non-hydrogen) atoms. The number of amides is 1. The molecule has 3 rings (SSSR count). The summed E-state index contributed by atoms with van der Waals surface area (Å²) in [5.74, 6) is 0.852. The number of hydrogen-bond acceptors (Lipinski definition) is 3. The lowest BCUT2D eigenvalue weighted by Gasteiger charge is -2.18. The Hall–Kier alpha value is -1.55. The van der Waals surface area contributed by atoms with E-state index in [0.717, 1.165) is 44.4 Å². The van der Waals surface area contributed by atoms with Gasteiger partial charge in [0.1, 0.15) is 5.75 Å². The van der Waals surface area contributed by atoms with Crippen LogP contribution < -0.4 is 15.8 Å². The number of benzene rings is 1. The Morgan fingerprint density at radius 3 is 3.05 bits per heavy atom. The van der Waals surface area contributed by atoms with Crippen LogP contribution in [0.5, 0.6) is 5.75 Å². The Morgan fingerprint density at radius 2 is 2.16 bits per heavy atom. The second kappa shape index (κ2) is 5.21. The highest BCUT2D eigenvalue weighted by atomic mass is 16.5. The summed E-state index contributed by atoms with van der Waals surface area (Å²) in [7, 11) is 0. The molecule has 1 amide bonds. The summed E-state index contributed by atoms with van der Waals surface area (Å²) < 4.78 is 5.97. The highest BCUT2D eigenvalue weighted by Gasteiger charge is 2.26. The lowest BCUT2D eigenvalue weighted by atomic mass is 10.1. The van der Waals surface area contributed by atoms with E-state index in [1.54, 1.807) is 0 Å². The van der Waals surface area contributed by atoms with Crippen molar-refractivity contribution < 1.29 is 9.53 Å². The molecule has 2 aliphatic rings. The molecule has 102 valence electrons. The molecular formula is C15H20N2O2. The Labute approximate surface area is 113 Å². The lowest BCUT2D eigenvalue weighted by molar-refractivity contribution is -0.127. The average molecular weight is 260 g/mol.